The number of nitrogens with one attached hydrogen (secondary N) is 1. The quantitative estimate of drug-likeness (QED) is 0.630. The van der Waals surface area contributed by atoms with Gasteiger partial charge in [-0.3, -0.25) is 10.2 Å². The van der Waals surface area contributed by atoms with Crippen molar-refractivity contribution >= 4 is 23.6 Å². The van der Waals surface area contributed by atoms with Crippen LogP contribution in [0.4, 0.5) is 18.0 Å². The molecule has 8 nitrogen and oxygen atoms in total. The Balaban J connectivity index is 1.70. The highest BCUT2D eigenvalue weighted by molar-refractivity contribution is 6.30. The molecule has 3 rings (SSSR count). The van der Waals surface area contributed by atoms with E-state index in [0.29, 0.717) is 36.8 Å². The van der Waals surface area contributed by atoms with Crippen molar-refractivity contribution in [1.82, 2.24) is 20.3 Å². The van der Waals surface area contributed by atoms with E-state index >= 15 is 0 Å². The van der Waals surface area contributed by atoms with Crippen molar-refractivity contribution in [3.63, 3.8) is 0 Å². The van der Waals surface area contributed by atoms with Gasteiger partial charge in [0.05, 0.1) is 5.56 Å². The van der Waals surface area contributed by atoms with Crippen molar-refractivity contribution in [3.05, 3.63) is 47.1 Å². The summed E-state index contributed by atoms with van der Waals surface area (Å²) in [6.45, 7) is 5.29. The van der Waals surface area contributed by atoms with Gasteiger partial charge < -0.3 is 14.4 Å². The average Bonchev–Trinajstić information content (AvgIpc) is 2.77. The minimum atomic E-state index is -4.55. The minimum Gasteiger partial charge on any atom is -0.468 e. The summed E-state index contributed by atoms with van der Waals surface area (Å²) in [7, 11) is 0. The van der Waals surface area contributed by atoms with Crippen LogP contribution in [0.15, 0.2) is 36.5 Å². The Morgan fingerprint density at radius 1 is 1.09 bits per heavy atom. The lowest BCUT2D eigenvalue weighted by atomic mass is 10.1. The first kappa shape index (κ1) is 26.6. The fourth-order valence-corrected chi connectivity index (χ4v) is 3.34. The Morgan fingerprint density at radius 3 is 2.29 bits per heavy atom. The SMILES string of the molecule is CC(C)(C)OC(=O)N1CCN(NC(=O)c2cnc(OCC(F)(F)F)c(-c3ccc(Cl)cc3)c2)CC1. The smallest absolute Gasteiger partial charge is 0.422 e. The summed E-state index contributed by atoms with van der Waals surface area (Å²) in [5, 5.41) is 2.10. The molecule has 2 amide bonds. The number of hydrazine groups is 1. The second-order valence-electron chi connectivity index (χ2n) is 8.88. The van der Waals surface area contributed by atoms with Gasteiger partial charge in [-0.05, 0) is 44.5 Å². The van der Waals surface area contributed by atoms with E-state index in [1.165, 1.54) is 6.07 Å². The summed E-state index contributed by atoms with van der Waals surface area (Å²) in [5.41, 5.74) is 2.97. The molecule has 1 N–H and O–H groups in total. The maximum absolute atomic E-state index is 12.8. The third-order valence-electron chi connectivity index (χ3n) is 4.83. The van der Waals surface area contributed by atoms with Crippen LogP contribution < -0.4 is 10.2 Å². The molecule has 0 atom stereocenters. The average molecular weight is 515 g/mol. The van der Waals surface area contributed by atoms with Crippen LogP contribution in [0.25, 0.3) is 11.1 Å². The molecule has 0 bridgehead atoms. The topological polar surface area (TPSA) is 84.0 Å². The summed E-state index contributed by atoms with van der Waals surface area (Å²) in [6, 6.07) is 7.74. The molecule has 1 fully saturated rings. The Morgan fingerprint density at radius 2 is 1.71 bits per heavy atom. The van der Waals surface area contributed by atoms with E-state index in [1.54, 1.807) is 54.9 Å². The number of aromatic nitrogens is 1. The van der Waals surface area contributed by atoms with E-state index in [2.05, 4.69) is 10.4 Å². The maximum atomic E-state index is 12.8. The number of nitrogens with zero attached hydrogens (tertiary/aromatic N) is 3. The van der Waals surface area contributed by atoms with E-state index in [0.717, 1.165) is 6.20 Å². The van der Waals surface area contributed by atoms with Gasteiger partial charge in [0.1, 0.15) is 5.60 Å². The van der Waals surface area contributed by atoms with Crippen LogP contribution in [-0.4, -0.2) is 71.5 Å². The molecule has 190 valence electrons. The maximum Gasteiger partial charge on any atom is 0.422 e. The Kier molecular flexibility index (Phi) is 8.11. The minimum absolute atomic E-state index is 0.129. The van der Waals surface area contributed by atoms with Crippen LogP contribution in [0, 0.1) is 0 Å². The second kappa shape index (κ2) is 10.7. The first-order valence-electron chi connectivity index (χ1n) is 10.8. The highest BCUT2D eigenvalue weighted by Crippen LogP contribution is 2.31. The van der Waals surface area contributed by atoms with Gasteiger partial charge in [0, 0.05) is 43.0 Å². The number of pyridine rings is 1. The molecule has 1 aromatic carbocycles. The van der Waals surface area contributed by atoms with Gasteiger partial charge in [-0.25, -0.2) is 14.8 Å². The largest absolute Gasteiger partial charge is 0.468 e. The molecule has 0 spiro atoms. The van der Waals surface area contributed by atoms with Gasteiger partial charge in [0.15, 0.2) is 6.61 Å². The lowest BCUT2D eigenvalue weighted by Gasteiger charge is -2.35. The molecule has 1 aromatic heterocycles. The van der Waals surface area contributed by atoms with E-state index in [4.69, 9.17) is 21.1 Å². The predicted octanol–water partition coefficient (Wildman–Crippen LogP) is 4.54. The van der Waals surface area contributed by atoms with Crippen LogP contribution in [-0.2, 0) is 4.74 Å². The number of rotatable bonds is 5. The first-order chi connectivity index (χ1) is 16.3. The molecule has 1 aliphatic rings. The van der Waals surface area contributed by atoms with Crippen LogP contribution in [0.3, 0.4) is 0 Å². The fraction of sp³-hybridized carbons (Fsp3) is 0.435. The van der Waals surface area contributed by atoms with Gasteiger partial charge in [-0.15, -0.1) is 0 Å². The molecule has 0 aliphatic carbocycles. The monoisotopic (exact) mass is 514 g/mol. The molecule has 0 saturated carbocycles. The highest BCUT2D eigenvalue weighted by Gasteiger charge is 2.30. The van der Waals surface area contributed by atoms with E-state index in [-0.39, 0.29) is 17.0 Å². The van der Waals surface area contributed by atoms with Crippen LogP contribution in [0.5, 0.6) is 5.88 Å². The Labute approximate surface area is 205 Å². The number of carbonyl (C=O) groups is 2. The summed E-state index contributed by atoms with van der Waals surface area (Å²) >= 11 is 5.91. The van der Waals surface area contributed by atoms with Gasteiger partial charge in [0.25, 0.3) is 5.91 Å². The van der Waals surface area contributed by atoms with Crippen molar-refractivity contribution in [3.8, 4) is 17.0 Å². The number of carbonyl (C=O) groups excluding carboxylic acids is 2. The van der Waals surface area contributed by atoms with Crippen LogP contribution in [0.1, 0.15) is 31.1 Å². The third-order valence-corrected chi connectivity index (χ3v) is 5.08. The number of hydrogen-bond acceptors (Lipinski definition) is 6. The normalized spacial score (nSPS) is 15.0. The predicted molar refractivity (Wildman–Crippen MR) is 123 cm³/mol. The highest BCUT2D eigenvalue weighted by atomic mass is 35.5. The van der Waals surface area contributed by atoms with Crippen molar-refractivity contribution < 1.29 is 32.2 Å². The number of piperazine rings is 1. The van der Waals surface area contributed by atoms with E-state index < -0.39 is 30.4 Å². The third kappa shape index (κ3) is 8.00. The molecule has 0 unspecified atom stereocenters. The molecule has 1 aliphatic heterocycles. The van der Waals surface area contributed by atoms with Crippen molar-refractivity contribution in [1.29, 1.82) is 0 Å². The van der Waals surface area contributed by atoms with E-state index in [1.807, 2.05) is 0 Å². The summed E-state index contributed by atoms with van der Waals surface area (Å²) < 4.78 is 48.3. The number of hydrogen-bond donors (Lipinski definition) is 1. The first-order valence-corrected chi connectivity index (χ1v) is 11.2. The number of amides is 2. The van der Waals surface area contributed by atoms with Gasteiger partial charge in [-0.1, -0.05) is 23.7 Å². The number of halogens is 4. The van der Waals surface area contributed by atoms with Crippen LogP contribution in [0.2, 0.25) is 5.02 Å². The van der Waals surface area contributed by atoms with Gasteiger partial charge in [-0.2, -0.15) is 13.2 Å². The molecule has 12 heteroatoms. The molecule has 35 heavy (non-hydrogen) atoms. The number of ether oxygens (including phenoxy) is 2. The molecule has 1 saturated heterocycles. The zero-order chi connectivity index (χ0) is 25.8. The standard InChI is InChI=1S/C23H26ClF3N4O4/c1-22(2,3)35-21(33)30-8-10-31(11-9-30)29-19(32)16-12-18(15-4-6-17(24)7-5-15)20(28-13-16)34-14-23(25,26)27/h4-7,12-13H,8-11,14H2,1-3H3,(H,29,32). The summed E-state index contributed by atoms with van der Waals surface area (Å²) in [4.78, 5) is 30.6. The van der Waals surface area contributed by atoms with Gasteiger partial charge in [0.2, 0.25) is 5.88 Å². The fourth-order valence-electron chi connectivity index (χ4n) is 3.21. The molecular formula is C23H26ClF3N4O4. The molecular weight excluding hydrogens is 489 g/mol. The zero-order valence-electron chi connectivity index (χ0n) is 19.5. The lowest BCUT2D eigenvalue weighted by molar-refractivity contribution is -0.154. The number of alkyl halides is 3. The summed E-state index contributed by atoms with van der Waals surface area (Å²) in [5.74, 6) is -0.757. The van der Waals surface area contributed by atoms with E-state index in [9.17, 15) is 22.8 Å². The second-order valence-corrected chi connectivity index (χ2v) is 9.32. The van der Waals surface area contributed by atoms with Crippen molar-refractivity contribution in [2.75, 3.05) is 32.8 Å². The molecule has 0 radical (unpaired) electrons. The van der Waals surface area contributed by atoms with Gasteiger partial charge >= 0.3 is 12.3 Å². The zero-order valence-corrected chi connectivity index (χ0v) is 20.2. The summed E-state index contributed by atoms with van der Waals surface area (Å²) in [6.07, 6.45) is -3.82. The Hall–Kier alpha value is -3.05. The molecule has 2 aromatic rings. The van der Waals surface area contributed by atoms with Crippen molar-refractivity contribution in [2.24, 2.45) is 0 Å². The number of benzene rings is 1. The van der Waals surface area contributed by atoms with Crippen molar-refractivity contribution in [2.45, 2.75) is 32.5 Å². The van der Waals surface area contributed by atoms with Crippen LogP contribution >= 0.6 is 11.6 Å². The Bertz CT molecular complexity index is 1050. The lowest BCUT2D eigenvalue weighted by Crippen LogP contribution is -2.55. The molecule has 2 heterocycles.